The third kappa shape index (κ3) is 7.45. The summed E-state index contributed by atoms with van der Waals surface area (Å²) in [5, 5.41) is 0. The lowest BCUT2D eigenvalue weighted by Crippen LogP contribution is -2.59. The second-order valence-corrected chi connectivity index (χ2v) is 17.2. The summed E-state index contributed by atoms with van der Waals surface area (Å²) in [5.41, 5.74) is -0.357. The van der Waals surface area contributed by atoms with Gasteiger partial charge >= 0.3 is 26.8 Å². The van der Waals surface area contributed by atoms with Gasteiger partial charge in [-0.1, -0.05) is 48.0 Å². The highest BCUT2D eigenvalue weighted by atomic mass is 32.3. The molecular formula is C31H54O10S2. The van der Waals surface area contributed by atoms with Gasteiger partial charge in [0.05, 0.1) is 12.2 Å². The lowest BCUT2D eigenvalue weighted by Gasteiger charge is -2.62. The fourth-order valence-corrected chi connectivity index (χ4v) is 11.8. The summed E-state index contributed by atoms with van der Waals surface area (Å²) in [6.07, 6.45) is 5.79. The van der Waals surface area contributed by atoms with Gasteiger partial charge in [0.2, 0.25) is 0 Å². The molecular weight excluding hydrogens is 596 g/mol. The molecule has 4 fully saturated rings. The van der Waals surface area contributed by atoms with Crippen LogP contribution >= 0.6 is 0 Å². The van der Waals surface area contributed by atoms with Crippen molar-refractivity contribution in [1.29, 1.82) is 0 Å². The predicted octanol–water partition coefficient (Wildman–Crippen LogP) is 6.27. The Kier molecular flexibility index (Phi) is 10.4. The summed E-state index contributed by atoms with van der Waals surface area (Å²) in [7, 11) is -9.41. The standard InChI is InChI=1S/C31H54O10S2/c1-8-21(18(2)3)15-28(39-20(5)32)19(4)24-9-10-25-23-17-29(41-43(36,37)38)27-16-22(40-42(33,34)35)11-13-31(27,7)26(23)12-14-30(24,25)6/h18-19,21-29H,8-17H2,1-7H3,(H,33,34,35)(H,36,37,38)/t19-,21?,22-,23?,24+,25?,26?,27?,28+,29-,30+,31+/m0/s1. The molecule has 0 saturated heterocycles. The van der Waals surface area contributed by atoms with Crippen LogP contribution in [0, 0.1) is 58.2 Å². The van der Waals surface area contributed by atoms with Crippen LogP contribution in [-0.4, -0.2) is 50.2 Å². The zero-order chi connectivity index (χ0) is 32.1. The van der Waals surface area contributed by atoms with E-state index in [-0.39, 0.29) is 53.0 Å². The Morgan fingerprint density at radius 1 is 0.860 bits per heavy atom. The second kappa shape index (κ2) is 12.8. The summed E-state index contributed by atoms with van der Waals surface area (Å²) >= 11 is 0. The third-order valence-electron chi connectivity index (χ3n) is 12.7. The molecule has 0 bridgehead atoms. The topological polar surface area (TPSA) is 154 Å². The number of ether oxygens (including phenoxy) is 1. The molecule has 0 radical (unpaired) electrons. The first-order valence-electron chi connectivity index (χ1n) is 16.3. The van der Waals surface area contributed by atoms with Crippen molar-refractivity contribution < 1.29 is 43.8 Å². The quantitative estimate of drug-likeness (QED) is 0.193. The molecule has 12 heteroatoms. The Hall–Kier alpha value is -0.790. The Morgan fingerprint density at radius 2 is 1.47 bits per heavy atom. The van der Waals surface area contributed by atoms with E-state index in [0.717, 1.165) is 38.5 Å². The molecule has 0 aliphatic heterocycles. The number of esters is 1. The maximum Gasteiger partial charge on any atom is 0.397 e. The van der Waals surface area contributed by atoms with Gasteiger partial charge in [-0.05, 0) is 116 Å². The summed E-state index contributed by atoms with van der Waals surface area (Å²) in [5.74, 6) is 1.65. The van der Waals surface area contributed by atoms with Gasteiger partial charge in [-0.3, -0.25) is 13.9 Å². The van der Waals surface area contributed by atoms with E-state index >= 15 is 0 Å². The van der Waals surface area contributed by atoms with E-state index < -0.39 is 33.0 Å². The normalized spacial score (nSPS) is 40.2. The van der Waals surface area contributed by atoms with Crippen LogP contribution in [0.3, 0.4) is 0 Å². The molecule has 0 aromatic heterocycles. The Balaban J connectivity index is 1.62. The molecule has 0 aromatic carbocycles. The minimum atomic E-state index is -4.75. The third-order valence-corrected chi connectivity index (χ3v) is 13.7. The van der Waals surface area contributed by atoms with Crippen molar-refractivity contribution in [3.8, 4) is 0 Å². The monoisotopic (exact) mass is 650 g/mol. The van der Waals surface area contributed by atoms with Crippen molar-refractivity contribution >= 4 is 26.8 Å². The minimum Gasteiger partial charge on any atom is -0.462 e. The zero-order valence-electron chi connectivity index (χ0n) is 26.9. The van der Waals surface area contributed by atoms with Gasteiger partial charge in [0.15, 0.2) is 0 Å². The Morgan fingerprint density at radius 3 is 2.02 bits per heavy atom. The summed E-state index contributed by atoms with van der Waals surface area (Å²) in [4.78, 5) is 12.2. The summed E-state index contributed by atoms with van der Waals surface area (Å²) < 4.78 is 82.4. The van der Waals surface area contributed by atoms with Crippen molar-refractivity contribution in [3.63, 3.8) is 0 Å². The summed E-state index contributed by atoms with van der Waals surface area (Å²) in [6, 6.07) is 0. The van der Waals surface area contributed by atoms with Gasteiger partial charge < -0.3 is 4.74 Å². The van der Waals surface area contributed by atoms with Crippen LogP contribution in [0.4, 0.5) is 0 Å². The van der Waals surface area contributed by atoms with E-state index in [9.17, 15) is 30.7 Å². The van der Waals surface area contributed by atoms with E-state index in [1.54, 1.807) is 0 Å². The molecule has 250 valence electrons. The fraction of sp³-hybridized carbons (Fsp3) is 0.968. The highest BCUT2D eigenvalue weighted by Gasteiger charge is 2.64. The average Bonchev–Trinajstić information content (AvgIpc) is 3.22. The van der Waals surface area contributed by atoms with Crippen LogP contribution in [0.2, 0.25) is 0 Å². The molecule has 4 aliphatic carbocycles. The number of fused-ring (bicyclic) bond motifs is 5. The van der Waals surface area contributed by atoms with Crippen molar-refractivity contribution in [2.75, 3.05) is 0 Å². The molecule has 12 atom stereocenters. The van der Waals surface area contributed by atoms with Gasteiger partial charge in [-0.2, -0.15) is 16.8 Å². The van der Waals surface area contributed by atoms with Crippen LogP contribution < -0.4 is 0 Å². The largest absolute Gasteiger partial charge is 0.462 e. The van der Waals surface area contributed by atoms with Crippen LogP contribution in [0.5, 0.6) is 0 Å². The SMILES string of the molecule is CCC(C[C@@H](OC(C)=O)[C@@H](C)[C@H]1CCC2C3C[C@H](OS(=O)(=O)O)C4C[C@@H](OS(=O)(=O)O)CC[C@]4(C)C3CC[C@@]21C)C(C)C. The lowest BCUT2D eigenvalue weighted by molar-refractivity contribution is -0.169. The van der Waals surface area contributed by atoms with Crippen LogP contribution in [0.15, 0.2) is 0 Å². The van der Waals surface area contributed by atoms with Gasteiger partial charge in [-0.15, -0.1) is 0 Å². The highest BCUT2D eigenvalue weighted by molar-refractivity contribution is 7.81. The van der Waals surface area contributed by atoms with Gasteiger partial charge in [-0.25, -0.2) is 8.37 Å². The molecule has 0 spiro atoms. The molecule has 0 amide bonds. The maximum atomic E-state index is 12.2. The van der Waals surface area contributed by atoms with Crippen molar-refractivity contribution in [2.24, 2.45) is 58.2 Å². The minimum absolute atomic E-state index is 0.0182. The van der Waals surface area contributed by atoms with Crippen molar-refractivity contribution in [1.82, 2.24) is 0 Å². The molecule has 0 heterocycles. The first kappa shape index (κ1) is 35.1. The van der Waals surface area contributed by atoms with E-state index in [4.69, 9.17) is 13.1 Å². The second-order valence-electron chi connectivity index (χ2n) is 15.1. The van der Waals surface area contributed by atoms with Crippen LogP contribution in [0.25, 0.3) is 0 Å². The molecule has 4 rings (SSSR count). The van der Waals surface area contributed by atoms with Gasteiger partial charge in [0.1, 0.15) is 6.10 Å². The molecule has 2 N–H and O–H groups in total. The molecule has 4 saturated carbocycles. The van der Waals surface area contributed by atoms with Crippen LogP contribution in [-0.2, 0) is 38.7 Å². The lowest BCUT2D eigenvalue weighted by atomic mass is 9.43. The van der Waals surface area contributed by atoms with Crippen LogP contribution in [0.1, 0.15) is 113 Å². The smallest absolute Gasteiger partial charge is 0.397 e. The van der Waals surface area contributed by atoms with Crippen molar-refractivity contribution in [3.05, 3.63) is 0 Å². The number of hydrogen-bond acceptors (Lipinski definition) is 8. The summed E-state index contributed by atoms with van der Waals surface area (Å²) in [6.45, 7) is 14.9. The average molecular weight is 651 g/mol. The number of rotatable bonds is 11. The molecule has 10 nitrogen and oxygen atoms in total. The molecule has 4 aliphatic rings. The first-order chi connectivity index (χ1) is 19.8. The van der Waals surface area contributed by atoms with Gasteiger partial charge in [0.25, 0.3) is 0 Å². The molecule has 0 aromatic rings. The fourth-order valence-electron chi connectivity index (χ4n) is 10.7. The van der Waals surface area contributed by atoms with Crippen molar-refractivity contribution in [2.45, 2.75) is 131 Å². The highest BCUT2D eigenvalue weighted by Crippen LogP contribution is 2.69. The number of hydrogen-bond donors (Lipinski definition) is 2. The van der Waals surface area contributed by atoms with E-state index in [1.807, 2.05) is 0 Å². The Bertz CT molecular complexity index is 1220. The number of carbonyl (C=O) groups is 1. The zero-order valence-corrected chi connectivity index (χ0v) is 28.5. The predicted molar refractivity (Wildman–Crippen MR) is 161 cm³/mol. The van der Waals surface area contributed by atoms with E-state index in [1.165, 1.54) is 6.92 Å². The molecule has 43 heavy (non-hydrogen) atoms. The van der Waals surface area contributed by atoms with Gasteiger partial charge in [0, 0.05) is 6.92 Å². The molecule has 5 unspecified atom stereocenters. The first-order valence-corrected chi connectivity index (χ1v) is 19.0. The maximum absolute atomic E-state index is 12.2. The Labute approximate surface area is 259 Å². The number of carbonyl (C=O) groups excluding carboxylic acids is 1. The van der Waals surface area contributed by atoms with E-state index in [0.29, 0.717) is 42.9 Å². The van der Waals surface area contributed by atoms with E-state index in [2.05, 4.69) is 41.5 Å².